The van der Waals surface area contributed by atoms with Crippen LogP contribution in [0.3, 0.4) is 0 Å². The fourth-order valence-corrected chi connectivity index (χ4v) is 2.73. The highest BCUT2D eigenvalue weighted by Crippen LogP contribution is 2.27. The van der Waals surface area contributed by atoms with Gasteiger partial charge in [-0.3, -0.25) is 4.68 Å². The zero-order valence-electron chi connectivity index (χ0n) is 12.4. The van der Waals surface area contributed by atoms with Crippen LogP contribution in [0.1, 0.15) is 11.3 Å². The maximum Gasteiger partial charge on any atom is 0.279 e. The molecule has 1 aromatic carbocycles. The summed E-state index contributed by atoms with van der Waals surface area (Å²) in [5.74, 6) is 0.524. The van der Waals surface area contributed by atoms with Crippen LogP contribution < -0.4 is 5.32 Å². The molecule has 1 aliphatic heterocycles. The molecule has 0 radical (unpaired) electrons. The van der Waals surface area contributed by atoms with Crippen molar-refractivity contribution in [3.05, 3.63) is 41.3 Å². The quantitative estimate of drug-likeness (QED) is 0.778. The summed E-state index contributed by atoms with van der Waals surface area (Å²) in [5, 5.41) is 11.8. The number of rotatable bonds is 2. The van der Waals surface area contributed by atoms with Crippen molar-refractivity contribution in [3.8, 4) is 23.0 Å². The molecule has 3 aromatic rings. The average Bonchev–Trinajstić information content (AvgIpc) is 3.14. The van der Waals surface area contributed by atoms with Gasteiger partial charge in [-0.15, -0.1) is 12.4 Å². The zero-order chi connectivity index (χ0) is 15.1. The molecule has 1 aliphatic rings. The standard InChI is InChI=1S/C15H14FN5O.ClH/c1-21-12-6-7-17-8-11(12)13(19-21)15-18-14(20-22-15)9-2-4-10(16)5-3-9;/h2-5,17H,6-8H2,1H3;1H. The van der Waals surface area contributed by atoms with E-state index in [0.29, 0.717) is 23.0 Å². The third-order valence-electron chi connectivity index (χ3n) is 3.85. The Morgan fingerprint density at radius 2 is 2.04 bits per heavy atom. The van der Waals surface area contributed by atoms with E-state index in [-0.39, 0.29) is 18.2 Å². The van der Waals surface area contributed by atoms with Crippen LogP contribution in [-0.4, -0.2) is 26.5 Å². The van der Waals surface area contributed by atoms with Gasteiger partial charge in [-0.1, -0.05) is 5.16 Å². The largest absolute Gasteiger partial charge is 0.332 e. The van der Waals surface area contributed by atoms with Gasteiger partial charge in [0, 0.05) is 43.4 Å². The SMILES string of the molecule is Cl.Cn1nc(-c2nc(-c3ccc(F)cc3)no2)c2c1CCNC2. The summed E-state index contributed by atoms with van der Waals surface area (Å²) in [6.07, 6.45) is 0.928. The van der Waals surface area contributed by atoms with Crippen LogP contribution in [0.25, 0.3) is 23.0 Å². The van der Waals surface area contributed by atoms with Crippen molar-refractivity contribution in [2.45, 2.75) is 13.0 Å². The van der Waals surface area contributed by atoms with Gasteiger partial charge in [-0.05, 0) is 24.3 Å². The zero-order valence-corrected chi connectivity index (χ0v) is 13.2. The number of aryl methyl sites for hydroxylation is 1. The second kappa shape index (κ2) is 6.10. The molecule has 3 heterocycles. The van der Waals surface area contributed by atoms with E-state index in [9.17, 15) is 4.39 Å². The highest BCUT2D eigenvalue weighted by atomic mass is 35.5. The van der Waals surface area contributed by atoms with Crippen molar-refractivity contribution in [1.29, 1.82) is 0 Å². The number of halogens is 2. The lowest BCUT2D eigenvalue weighted by Crippen LogP contribution is -2.24. The number of hydrogen-bond donors (Lipinski definition) is 1. The fraction of sp³-hybridized carbons (Fsp3) is 0.267. The van der Waals surface area contributed by atoms with Gasteiger partial charge >= 0.3 is 0 Å². The van der Waals surface area contributed by atoms with E-state index in [2.05, 4.69) is 20.6 Å². The molecule has 0 unspecified atom stereocenters. The Morgan fingerprint density at radius 3 is 2.83 bits per heavy atom. The lowest BCUT2D eigenvalue weighted by Gasteiger charge is -2.13. The molecule has 0 bridgehead atoms. The maximum absolute atomic E-state index is 13.0. The summed E-state index contributed by atoms with van der Waals surface area (Å²) >= 11 is 0. The highest BCUT2D eigenvalue weighted by Gasteiger charge is 2.24. The first-order chi connectivity index (χ1) is 10.7. The molecule has 0 aliphatic carbocycles. The lowest BCUT2D eigenvalue weighted by molar-refractivity contribution is 0.430. The van der Waals surface area contributed by atoms with Crippen LogP contribution in [0.4, 0.5) is 4.39 Å². The molecular weight excluding hydrogens is 321 g/mol. The second-order valence-corrected chi connectivity index (χ2v) is 5.25. The molecule has 0 amide bonds. The van der Waals surface area contributed by atoms with Gasteiger partial charge in [0.15, 0.2) is 5.69 Å². The van der Waals surface area contributed by atoms with Crippen LogP contribution in [0.15, 0.2) is 28.8 Å². The number of fused-ring (bicyclic) bond motifs is 1. The van der Waals surface area contributed by atoms with Crippen LogP contribution in [-0.2, 0) is 20.0 Å². The Kier molecular flexibility index (Phi) is 4.14. The molecule has 1 N–H and O–H groups in total. The minimum Gasteiger partial charge on any atom is -0.332 e. The Labute approximate surface area is 138 Å². The molecule has 6 nitrogen and oxygen atoms in total. The van der Waals surface area contributed by atoms with Crippen molar-refractivity contribution in [2.24, 2.45) is 7.05 Å². The highest BCUT2D eigenvalue weighted by molar-refractivity contribution is 5.85. The monoisotopic (exact) mass is 335 g/mol. The molecule has 0 spiro atoms. The maximum atomic E-state index is 13.0. The summed E-state index contributed by atoms with van der Waals surface area (Å²) in [5.41, 5.74) is 3.71. The summed E-state index contributed by atoms with van der Waals surface area (Å²) in [6, 6.07) is 5.99. The molecule has 0 saturated carbocycles. The van der Waals surface area contributed by atoms with Gasteiger partial charge < -0.3 is 9.84 Å². The van der Waals surface area contributed by atoms with E-state index < -0.39 is 0 Å². The Morgan fingerprint density at radius 1 is 1.26 bits per heavy atom. The third kappa shape index (κ3) is 2.73. The molecule has 4 rings (SSSR count). The lowest BCUT2D eigenvalue weighted by atomic mass is 10.1. The molecule has 0 fully saturated rings. The number of nitrogens with zero attached hydrogens (tertiary/aromatic N) is 4. The summed E-state index contributed by atoms with van der Waals surface area (Å²) in [4.78, 5) is 4.40. The van der Waals surface area contributed by atoms with E-state index >= 15 is 0 Å². The Balaban J connectivity index is 0.00000156. The van der Waals surface area contributed by atoms with Crippen LogP contribution in [0, 0.1) is 5.82 Å². The molecule has 0 atom stereocenters. The molecule has 2 aromatic heterocycles. The molecule has 23 heavy (non-hydrogen) atoms. The fourth-order valence-electron chi connectivity index (χ4n) is 2.73. The van der Waals surface area contributed by atoms with Crippen molar-refractivity contribution >= 4 is 12.4 Å². The third-order valence-corrected chi connectivity index (χ3v) is 3.85. The van der Waals surface area contributed by atoms with Gasteiger partial charge in [-0.2, -0.15) is 10.1 Å². The minimum atomic E-state index is -0.294. The van der Waals surface area contributed by atoms with Crippen molar-refractivity contribution in [3.63, 3.8) is 0 Å². The predicted molar refractivity (Wildman–Crippen MR) is 84.6 cm³/mol. The van der Waals surface area contributed by atoms with Gasteiger partial charge in [-0.25, -0.2) is 4.39 Å². The Bertz CT molecular complexity index is 827. The summed E-state index contributed by atoms with van der Waals surface area (Å²) in [6.45, 7) is 1.68. The topological polar surface area (TPSA) is 68.8 Å². The number of hydrogen-bond acceptors (Lipinski definition) is 5. The number of benzene rings is 1. The average molecular weight is 336 g/mol. The summed E-state index contributed by atoms with van der Waals surface area (Å²) < 4.78 is 20.2. The van der Waals surface area contributed by atoms with E-state index in [1.54, 1.807) is 12.1 Å². The van der Waals surface area contributed by atoms with Crippen molar-refractivity contribution < 1.29 is 8.91 Å². The van der Waals surface area contributed by atoms with Crippen molar-refractivity contribution in [1.82, 2.24) is 25.2 Å². The first kappa shape index (κ1) is 15.6. The van der Waals surface area contributed by atoms with E-state index in [1.807, 2.05) is 11.7 Å². The number of nitrogens with one attached hydrogen (secondary N) is 1. The molecule has 120 valence electrons. The van der Waals surface area contributed by atoms with Gasteiger partial charge in [0.25, 0.3) is 5.89 Å². The van der Waals surface area contributed by atoms with Crippen LogP contribution in [0.5, 0.6) is 0 Å². The van der Waals surface area contributed by atoms with E-state index in [1.165, 1.54) is 17.8 Å². The van der Waals surface area contributed by atoms with Crippen molar-refractivity contribution in [2.75, 3.05) is 6.54 Å². The molecule has 0 saturated heterocycles. The normalized spacial score (nSPS) is 13.5. The van der Waals surface area contributed by atoms with Crippen LogP contribution >= 0.6 is 12.4 Å². The second-order valence-electron chi connectivity index (χ2n) is 5.25. The van der Waals surface area contributed by atoms with Gasteiger partial charge in [0.05, 0.1) is 0 Å². The van der Waals surface area contributed by atoms with Gasteiger partial charge in [0.1, 0.15) is 5.82 Å². The first-order valence-electron chi connectivity index (χ1n) is 7.08. The van der Waals surface area contributed by atoms with Gasteiger partial charge in [0.2, 0.25) is 5.82 Å². The molecule has 8 heteroatoms. The van der Waals surface area contributed by atoms with E-state index in [4.69, 9.17) is 4.52 Å². The first-order valence-corrected chi connectivity index (χ1v) is 7.08. The summed E-state index contributed by atoms with van der Waals surface area (Å²) in [7, 11) is 1.92. The smallest absolute Gasteiger partial charge is 0.279 e. The number of aromatic nitrogens is 4. The van der Waals surface area contributed by atoms with Crippen LogP contribution in [0.2, 0.25) is 0 Å². The minimum absolute atomic E-state index is 0. The predicted octanol–water partition coefficient (Wildman–Crippen LogP) is 2.34. The van der Waals surface area contributed by atoms with E-state index in [0.717, 1.165) is 25.1 Å². The Hall–Kier alpha value is -2.25. The molecular formula is C15H15ClFN5O.